The van der Waals surface area contributed by atoms with Gasteiger partial charge in [0.25, 0.3) is 5.91 Å². The summed E-state index contributed by atoms with van der Waals surface area (Å²) in [4.78, 5) is 26.6. The van der Waals surface area contributed by atoms with E-state index in [1.165, 1.54) is 5.56 Å². The van der Waals surface area contributed by atoms with Gasteiger partial charge in [0.05, 0.1) is 10.0 Å². The Kier molecular flexibility index (Phi) is 6.17. The Hall–Kier alpha value is -2.63. The molecule has 0 radical (unpaired) electrons. The minimum absolute atomic E-state index is 0.0331. The van der Waals surface area contributed by atoms with E-state index in [4.69, 9.17) is 33.2 Å². The third kappa shape index (κ3) is 4.53. The molecule has 1 aliphatic rings. The number of carbonyl (C=O) groups is 1. The van der Waals surface area contributed by atoms with Gasteiger partial charge in [-0.15, -0.1) is 0 Å². The van der Waals surface area contributed by atoms with Gasteiger partial charge in [-0.2, -0.15) is 0 Å². The summed E-state index contributed by atoms with van der Waals surface area (Å²) in [5.41, 5.74) is 4.78. The number of nitrogens with zero attached hydrogens (tertiary/aromatic N) is 4. The fraction of sp³-hybridized carbons (Fsp3) is 0.292. The van der Waals surface area contributed by atoms with Crippen molar-refractivity contribution in [2.24, 2.45) is 0 Å². The number of carbonyl (C=O) groups excluding carboxylic acids is 1. The molecule has 2 heterocycles. The maximum absolute atomic E-state index is 12.9. The number of benzene rings is 2. The van der Waals surface area contributed by atoms with E-state index >= 15 is 0 Å². The van der Waals surface area contributed by atoms with Gasteiger partial charge in [-0.3, -0.25) is 4.79 Å². The van der Waals surface area contributed by atoms with Crippen molar-refractivity contribution in [3.05, 3.63) is 74.9 Å². The quantitative estimate of drug-likeness (QED) is 0.535. The van der Waals surface area contributed by atoms with Crippen LogP contribution >= 0.6 is 23.2 Å². The smallest absolute Gasteiger partial charge is 0.254 e. The molecule has 5 nitrogen and oxygen atoms in total. The lowest BCUT2D eigenvalue weighted by molar-refractivity contribution is 0.0746. The number of piperazine rings is 1. The van der Waals surface area contributed by atoms with Gasteiger partial charge in [0.15, 0.2) is 5.82 Å². The second-order valence-corrected chi connectivity index (χ2v) is 8.67. The first-order valence-electron chi connectivity index (χ1n) is 10.2. The number of rotatable bonds is 3. The summed E-state index contributed by atoms with van der Waals surface area (Å²) in [7, 11) is 0. The first-order valence-corrected chi connectivity index (χ1v) is 11.0. The molecule has 1 aliphatic heterocycles. The summed E-state index contributed by atoms with van der Waals surface area (Å²) in [6.45, 7) is 8.77. The molecule has 0 spiro atoms. The van der Waals surface area contributed by atoms with E-state index in [0.29, 0.717) is 41.8 Å². The molecule has 0 unspecified atom stereocenters. The zero-order chi connectivity index (χ0) is 22.1. The summed E-state index contributed by atoms with van der Waals surface area (Å²) in [6.07, 6.45) is 0. The Labute approximate surface area is 192 Å². The molecule has 1 saturated heterocycles. The lowest BCUT2D eigenvalue weighted by Crippen LogP contribution is -2.49. The van der Waals surface area contributed by atoms with Gasteiger partial charge in [-0.05, 0) is 45.0 Å². The largest absolute Gasteiger partial charge is 0.353 e. The number of hydrogen-bond acceptors (Lipinski definition) is 4. The molecule has 0 N–H and O–H groups in total. The van der Waals surface area contributed by atoms with Crippen molar-refractivity contribution in [1.29, 1.82) is 0 Å². The maximum atomic E-state index is 12.9. The second kappa shape index (κ2) is 8.85. The number of amides is 1. The third-order valence-electron chi connectivity index (χ3n) is 5.67. The number of hydrogen-bond donors (Lipinski definition) is 0. The highest BCUT2D eigenvalue weighted by Gasteiger charge is 2.25. The fourth-order valence-electron chi connectivity index (χ4n) is 3.77. The van der Waals surface area contributed by atoms with Crippen LogP contribution in [0, 0.1) is 20.8 Å². The molecule has 4 rings (SSSR count). The molecule has 160 valence electrons. The number of aromatic nitrogens is 2. The molecule has 3 aromatic rings. The van der Waals surface area contributed by atoms with Gasteiger partial charge in [-0.1, -0.05) is 47.0 Å². The molecule has 0 bridgehead atoms. The van der Waals surface area contributed by atoms with Crippen LogP contribution in [0.3, 0.4) is 0 Å². The van der Waals surface area contributed by atoms with Crippen molar-refractivity contribution in [1.82, 2.24) is 14.9 Å². The average Bonchev–Trinajstić information content (AvgIpc) is 2.77. The van der Waals surface area contributed by atoms with Crippen LogP contribution < -0.4 is 4.90 Å². The summed E-state index contributed by atoms with van der Waals surface area (Å²) in [5, 5.41) is 0.837. The van der Waals surface area contributed by atoms with Crippen molar-refractivity contribution < 1.29 is 4.79 Å². The first kappa shape index (κ1) is 21.6. The topological polar surface area (TPSA) is 49.3 Å². The van der Waals surface area contributed by atoms with E-state index in [1.807, 2.05) is 24.0 Å². The maximum Gasteiger partial charge on any atom is 0.254 e. The molecule has 0 atom stereocenters. The molecular weight excluding hydrogens is 431 g/mol. The fourth-order valence-corrected chi connectivity index (χ4v) is 4.07. The number of aryl methyl sites for hydroxylation is 2. The Morgan fingerprint density at radius 1 is 0.903 bits per heavy atom. The predicted molar refractivity (Wildman–Crippen MR) is 126 cm³/mol. The van der Waals surface area contributed by atoms with Crippen LogP contribution in [0.4, 0.5) is 5.82 Å². The summed E-state index contributed by atoms with van der Waals surface area (Å²) < 4.78 is 0. The molecule has 1 fully saturated rings. The standard InChI is InChI=1S/C24H24Cl2N4O/c1-15-5-4-6-18(13-15)22-27-17(3)16(2)23(28-22)29-9-11-30(12-10-29)24(31)19-7-8-20(25)21(26)14-19/h4-8,13-14H,9-12H2,1-3H3. The highest BCUT2D eigenvalue weighted by atomic mass is 35.5. The van der Waals surface area contributed by atoms with Gasteiger partial charge in [-0.25, -0.2) is 9.97 Å². The molecule has 7 heteroatoms. The number of halogens is 2. The van der Waals surface area contributed by atoms with Crippen LogP contribution in [0.15, 0.2) is 42.5 Å². The Balaban J connectivity index is 1.53. The lowest BCUT2D eigenvalue weighted by atomic mass is 10.1. The molecule has 31 heavy (non-hydrogen) atoms. The van der Waals surface area contributed by atoms with Crippen LogP contribution in [0.1, 0.15) is 27.2 Å². The zero-order valence-corrected chi connectivity index (χ0v) is 19.3. The molecule has 0 aliphatic carbocycles. The van der Waals surface area contributed by atoms with E-state index < -0.39 is 0 Å². The van der Waals surface area contributed by atoms with Crippen LogP contribution in [-0.2, 0) is 0 Å². The van der Waals surface area contributed by atoms with Crippen molar-refractivity contribution in [3.8, 4) is 11.4 Å². The molecular formula is C24H24Cl2N4O. The normalized spacial score (nSPS) is 14.1. The molecule has 0 saturated carbocycles. The summed E-state index contributed by atoms with van der Waals surface area (Å²) >= 11 is 12.1. The van der Waals surface area contributed by atoms with Crippen molar-refractivity contribution >= 4 is 34.9 Å². The SMILES string of the molecule is Cc1cccc(-c2nc(C)c(C)c(N3CCN(C(=O)c4ccc(Cl)c(Cl)c4)CC3)n2)c1. The predicted octanol–water partition coefficient (Wildman–Crippen LogP) is 5.34. The van der Waals surface area contributed by atoms with Gasteiger partial charge in [0, 0.05) is 48.6 Å². The molecule has 1 aromatic heterocycles. The Morgan fingerprint density at radius 3 is 2.32 bits per heavy atom. The van der Waals surface area contributed by atoms with Gasteiger partial charge in [0.1, 0.15) is 5.82 Å². The Bertz CT molecular complexity index is 1140. The van der Waals surface area contributed by atoms with E-state index in [-0.39, 0.29) is 5.91 Å². The van der Waals surface area contributed by atoms with E-state index in [2.05, 4.69) is 30.9 Å². The van der Waals surface area contributed by atoms with Crippen molar-refractivity contribution in [2.75, 3.05) is 31.1 Å². The van der Waals surface area contributed by atoms with E-state index in [1.54, 1.807) is 18.2 Å². The van der Waals surface area contributed by atoms with Crippen molar-refractivity contribution in [2.45, 2.75) is 20.8 Å². The third-order valence-corrected chi connectivity index (χ3v) is 6.41. The average molecular weight is 455 g/mol. The second-order valence-electron chi connectivity index (χ2n) is 7.86. The van der Waals surface area contributed by atoms with Crippen LogP contribution in [0.5, 0.6) is 0 Å². The first-order chi connectivity index (χ1) is 14.8. The monoisotopic (exact) mass is 454 g/mol. The summed E-state index contributed by atoms with van der Waals surface area (Å²) in [6, 6.07) is 13.2. The van der Waals surface area contributed by atoms with Crippen LogP contribution in [-0.4, -0.2) is 47.0 Å². The minimum atomic E-state index is -0.0331. The van der Waals surface area contributed by atoms with Gasteiger partial charge in [0.2, 0.25) is 0 Å². The highest BCUT2D eigenvalue weighted by Crippen LogP contribution is 2.27. The summed E-state index contributed by atoms with van der Waals surface area (Å²) in [5.74, 6) is 1.64. The highest BCUT2D eigenvalue weighted by molar-refractivity contribution is 6.42. The molecule has 1 amide bonds. The van der Waals surface area contributed by atoms with E-state index in [9.17, 15) is 4.79 Å². The van der Waals surface area contributed by atoms with Crippen LogP contribution in [0.25, 0.3) is 11.4 Å². The van der Waals surface area contributed by atoms with Gasteiger partial charge < -0.3 is 9.80 Å². The zero-order valence-electron chi connectivity index (χ0n) is 17.8. The molecule has 2 aromatic carbocycles. The lowest BCUT2D eigenvalue weighted by Gasteiger charge is -2.36. The Morgan fingerprint density at radius 2 is 1.65 bits per heavy atom. The minimum Gasteiger partial charge on any atom is -0.353 e. The number of anilines is 1. The van der Waals surface area contributed by atoms with Crippen molar-refractivity contribution in [3.63, 3.8) is 0 Å². The van der Waals surface area contributed by atoms with Crippen LogP contribution in [0.2, 0.25) is 10.0 Å². The van der Waals surface area contributed by atoms with E-state index in [0.717, 1.165) is 28.5 Å². The van der Waals surface area contributed by atoms with Gasteiger partial charge >= 0.3 is 0 Å².